The van der Waals surface area contributed by atoms with Crippen molar-refractivity contribution < 1.29 is 4.74 Å². The van der Waals surface area contributed by atoms with Gasteiger partial charge in [0.05, 0.1) is 12.6 Å². The summed E-state index contributed by atoms with van der Waals surface area (Å²) < 4.78 is 5.99. The van der Waals surface area contributed by atoms with Gasteiger partial charge in [0.15, 0.2) is 11.5 Å². The molecule has 0 saturated carbocycles. The van der Waals surface area contributed by atoms with Crippen molar-refractivity contribution in [2.75, 3.05) is 18.0 Å². The van der Waals surface area contributed by atoms with Crippen LogP contribution in [0.1, 0.15) is 24.3 Å². The van der Waals surface area contributed by atoms with Crippen LogP contribution in [0.25, 0.3) is 0 Å². The maximum atomic E-state index is 9.16. The Morgan fingerprint density at radius 1 is 1.40 bits per heavy atom. The van der Waals surface area contributed by atoms with Crippen molar-refractivity contribution in [3.8, 4) is 6.07 Å². The summed E-state index contributed by atoms with van der Waals surface area (Å²) in [4.78, 5) is 10.5. The lowest BCUT2D eigenvalue weighted by Gasteiger charge is -2.37. The summed E-state index contributed by atoms with van der Waals surface area (Å²) in [5.74, 6) is 0.644. The van der Waals surface area contributed by atoms with Crippen LogP contribution < -0.4 is 4.90 Å². The van der Waals surface area contributed by atoms with Gasteiger partial charge in [-0.2, -0.15) is 16.6 Å². The quantitative estimate of drug-likeness (QED) is 0.848. The zero-order valence-electron chi connectivity index (χ0n) is 11.1. The fourth-order valence-corrected chi connectivity index (χ4v) is 3.11. The summed E-state index contributed by atoms with van der Waals surface area (Å²) in [6.45, 7) is 3.44. The van der Waals surface area contributed by atoms with Crippen LogP contribution in [0.3, 0.4) is 0 Å². The zero-order valence-corrected chi connectivity index (χ0v) is 11.9. The van der Waals surface area contributed by atoms with Crippen molar-refractivity contribution in [2.45, 2.75) is 19.1 Å². The van der Waals surface area contributed by atoms with Gasteiger partial charge in [0.25, 0.3) is 0 Å². The van der Waals surface area contributed by atoms with E-state index < -0.39 is 0 Å². The number of nitriles is 1. The minimum Gasteiger partial charge on any atom is -0.367 e. The number of thiophene rings is 1. The smallest absolute Gasteiger partial charge is 0.183 e. The summed E-state index contributed by atoms with van der Waals surface area (Å²) in [6, 6.07) is 4.18. The lowest BCUT2D eigenvalue weighted by atomic mass is 10.1. The number of morpholine rings is 1. The van der Waals surface area contributed by atoms with Gasteiger partial charge >= 0.3 is 0 Å². The lowest BCUT2D eigenvalue weighted by molar-refractivity contribution is -0.0174. The fraction of sp³-hybridized carbons (Fsp3) is 0.357. The molecule has 3 rings (SSSR count). The first-order valence-corrected chi connectivity index (χ1v) is 7.36. The molecule has 0 radical (unpaired) electrons. The molecule has 0 bridgehead atoms. The Morgan fingerprint density at radius 2 is 2.25 bits per heavy atom. The van der Waals surface area contributed by atoms with Crippen LogP contribution in [-0.2, 0) is 4.74 Å². The van der Waals surface area contributed by atoms with E-state index in [-0.39, 0.29) is 12.2 Å². The highest BCUT2D eigenvalue weighted by molar-refractivity contribution is 7.07. The predicted molar refractivity (Wildman–Crippen MR) is 76.6 cm³/mol. The average Bonchev–Trinajstić information content (AvgIpc) is 3.01. The molecular weight excluding hydrogens is 272 g/mol. The van der Waals surface area contributed by atoms with E-state index >= 15 is 0 Å². The van der Waals surface area contributed by atoms with Crippen molar-refractivity contribution in [3.63, 3.8) is 0 Å². The van der Waals surface area contributed by atoms with Gasteiger partial charge in [-0.3, -0.25) is 0 Å². The molecule has 1 saturated heterocycles. The minimum absolute atomic E-state index is 0.0125. The van der Waals surface area contributed by atoms with Gasteiger partial charge in [0.2, 0.25) is 0 Å². The van der Waals surface area contributed by atoms with Gasteiger partial charge in [0.1, 0.15) is 12.2 Å². The number of hydrogen-bond acceptors (Lipinski definition) is 6. The molecule has 0 unspecified atom stereocenters. The monoisotopic (exact) mass is 286 g/mol. The predicted octanol–water partition coefficient (Wildman–Crippen LogP) is 2.38. The van der Waals surface area contributed by atoms with Gasteiger partial charge in [0, 0.05) is 18.9 Å². The Balaban J connectivity index is 1.88. The van der Waals surface area contributed by atoms with E-state index in [1.165, 1.54) is 5.56 Å². The van der Waals surface area contributed by atoms with Crippen LogP contribution >= 0.6 is 11.3 Å². The SMILES string of the molecule is C[C@@H]1CN(c2nccnc2C#N)C[C@H](c2ccsc2)O1. The molecule has 1 fully saturated rings. The summed E-state index contributed by atoms with van der Waals surface area (Å²) in [5.41, 5.74) is 1.54. The van der Waals surface area contributed by atoms with Crippen LogP contribution in [0.5, 0.6) is 0 Å². The van der Waals surface area contributed by atoms with Crippen LogP contribution in [0.4, 0.5) is 5.82 Å². The Labute approximate surface area is 121 Å². The van der Waals surface area contributed by atoms with Crippen molar-refractivity contribution in [2.24, 2.45) is 0 Å². The van der Waals surface area contributed by atoms with Crippen LogP contribution in [-0.4, -0.2) is 29.2 Å². The maximum absolute atomic E-state index is 9.16. The van der Waals surface area contributed by atoms with E-state index in [1.54, 1.807) is 23.7 Å². The molecule has 5 nitrogen and oxygen atoms in total. The van der Waals surface area contributed by atoms with Gasteiger partial charge < -0.3 is 9.64 Å². The first-order chi connectivity index (χ1) is 9.78. The molecule has 3 heterocycles. The van der Waals surface area contributed by atoms with Crippen molar-refractivity contribution in [1.82, 2.24) is 9.97 Å². The largest absolute Gasteiger partial charge is 0.367 e. The second-order valence-electron chi connectivity index (χ2n) is 4.74. The molecule has 0 aromatic carbocycles. The number of rotatable bonds is 2. The van der Waals surface area contributed by atoms with E-state index in [0.29, 0.717) is 24.6 Å². The molecule has 6 heteroatoms. The third kappa shape index (κ3) is 2.50. The molecule has 0 spiro atoms. The van der Waals surface area contributed by atoms with E-state index in [9.17, 15) is 0 Å². The maximum Gasteiger partial charge on any atom is 0.183 e. The Bertz CT molecular complexity index is 622. The average molecular weight is 286 g/mol. The molecule has 1 aliphatic rings. The van der Waals surface area contributed by atoms with Gasteiger partial charge in [-0.05, 0) is 29.3 Å². The zero-order chi connectivity index (χ0) is 13.9. The number of anilines is 1. The van der Waals surface area contributed by atoms with Gasteiger partial charge in [-0.15, -0.1) is 0 Å². The van der Waals surface area contributed by atoms with Gasteiger partial charge in [-0.1, -0.05) is 0 Å². The van der Waals surface area contributed by atoms with E-state index in [4.69, 9.17) is 10.00 Å². The number of hydrogen-bond donors (Lipinski definition) is 0. The molecule has 20 heavy (non-hydrogen) atoms. The van der Waals surface area contributed by atoms with E-state index in [0.717, 1.165) is 0 Å². The Hall–Kier alpha value is -1.97. The highest BCUT2D eigenvalue weighted by Crippen LogP contribution is 2.29. The molecule has 2 aromatic heterocycles. The van der Waals surface area contributed by atoms with E-state index in [1.807, 2.05) is 12.3 Å². The lowest BCUT2D eigenvalue weighted by Crippen LogP contribution is -2.43. The Morgan fingerprint density at radius 3 is 3.00 bits per heavy atom. The Kier molecular flexibility index (Phi) is 3.63. The van der Waals surface area contributed by atoms with Crippen LogP contribution in [0.15, 0.2) is 29.2 Å². The van der Waals surface area contributed by atoms with E-state index in [2.05, 4.69) is 32.4 Å². The summed E-state index contributed by atoms with van der Waals surface area (Å²) >= 11 is 1.66. The standard InChI is InChI=1S/C14H14N4OS/c1-10-7-18(14-12(6-15)16-3-4-17-14)8-13(19-10)11-2-5-20-9-11/h2-5,9-10,13H,7-8H2,1H3/t10-,13-/m1/s1. The minimum atomic E-state index is 0.0125. The molecule has 0 N–H and O–H groups in total. The second-order valence-corrected chi connectivity index (χ2v) is 5.52. The number of ether oxygens (including phenoxy) is 1. The molecule has 1 aliphatic heterocycles. The van der Waals surface area contributed by atoms with Gasteiger partial charge in [-0.25, -0.2) is 9.97 Å². The first-order valence-electron chi connectivity index (χ1n) is 6.41. The number of aromatic nitrogens is 2. The van der Waals surface area contributed by atoms with Crippen molar-refractivity contribution in [1.29, 1.82) is 5.26 Å². The molecular formula is C14H14N4OS. The number of nitrogens with zero attached hydrogens (tertiary/aromatic N) is 4. The normalized spacial score (nSPS) is 22.5. The molecule has 0 amide bonds. The summed E-state index contributed by atoms with van der Waals surface area (Å²) in [6.07, 6.45) is 3.26. The molecule has 2 aromatic rings. The third-order valence-electron chi connectivity index (χ3n) is 3.26. The highest BCUT2D eigenvalue weighted by atomic mass is 32.1. The summed E-state index contributed by atoms with van der Waals surface area (Å²) in [7, 11) is 0. The van der Waals surface area contributed by atoms with Crippen molar-refractivity contribution >= 4 is 17.2 Å². The topological polar surface area (TPSA) is 62.0 Å². The second kappa shape index (κ2) is 5.57. The van der Waals surface area contributed by atoms with Crippen LogP contribution in [0, 0.1) is 11.3 Å². The summed E-state index contributed by atoms with van der Waals surface area (Å²) in [5, 5.41) is 13.3. The third-order valence-corrected chi connectivity index (χ3v) is 3.96. The molecule has 102 valence electrons. The van der Waals surface area contributed by atoms with Crippen LogP contribution in [0.2, 0.25) is 0 Å². The first kappa shape index (κ1) is 13.0. The fourth-order valence-electron chi connectivity index (χ4n) is 2.41. The molecule has 0 aliphatic carbocycles. The van der Waals surface area contributed by atoms with Crippen molar-refractivity contribution in [3.05, 3.63) is 40.5 Å². The molecule has 2 atom stereocenters. The highest BCUT2D eigenvalue weighted by Gasteiger charge is 2.28.